The molecule has 1 atom stereocenters. The van der Waals surface area contributed by atoms with Gasteiger partial charge in [-0.2, -0.15) is 0 Å². The molecule has 1 saturated heterocycles. The number of guanidine groups is 1. The molecule has 5 nitrogen and oxygen atoms in total. The zero-order valence-electron chi connectivity index (χ0n) is 16.4. The molecule has 0 aromatic rings. The summed E-state index contributed by atoms with van der Waals surface area (Å²) in [5, 5.41) is 6.82. The highest BCUT2D eigenvalue weighted by atomic mass is 127. The molecule has 0 radical (unpaired) electrons. The molecule has 1 unspecified atom stereocenters. The van der Waals surface area contributed by atoms with Crippen molar-refractivity contribution in [1.82, 2.24) is 15.5 Å². The van der Waals surface area contributed by atoms with Crippen LogP contribution in [0.1, 0.15) is 52.9 Å². The Balaban J connectivity index is 0.00000312. The van der Waals surface area contributed by atoms with Crippen molar-refractivity contribution in [2.45, 2.75) is 58.9 Å². The second-order valence-corrected chi connectivity index (χ2v) is 7.57. The van der Waals surface area contributed by atoms with Gasteiger partial charge in [-0.05, 0) is 64.0 Å². The molecule has 0 amide bonds. The zero-order chi connectivity index (χ0) is 17.2. The summed E-state index contributed by atoms with van der Waals surface area (Å²) < 4.78 is 5.69. The fourth-order valence-corrected chi connectivity index (χ4v) is 3.26. The van der Waals surface area contributed by atoms with Gasteiger partial charge < -0.3 is 15.4 Å². The summed E-state index contributed by atoms with van der Waals surface area (Å²) in [6.45, 7) is 13.7. The van der Waals surface area contributed by atoms with Crippen molar-refractivity contribution < 1.29 is 4.74 Å². The van der Waals surface area contributed by atoms with E-state index in [4.69, 9.17) is 9.73 Å². The predicted molar refractivity (Wildman–Crippen MR) is 117 cm³/mol. The number of halogens is 1. The monoisotopic (exact) mass is 466 g/mol. The number of rotatable bonds is 11. The summed E-state index contributed by atoms with van der Waals surface area (Å²) in [6.07, 6.45) is 6.45. The number of ether oxygens (including phenoxy) is 1. The highest BCUT2D eigenvalue weighted by Gasteiger charge is 2.24. The Morgan fingerprint density at radius 2 is 1.92 bits per heavy atom. The van der Waals surface area contributed by atoms with Crippen LogP contribution < -0.4 is 10.6 Å². The maximum Gasteiger partial charge on any atom is 0.191 e. The number of nitrogens with one attached hydrogen (secondary N) is 2. The van der Waals surface area contributed by atoms with Crippen LogP contribution >= 0.6 is 24.0 Å². The fourth-order valence-electron chi connectivity index (χ4n) is 3.26. The Bertz CT molecular complexity index is 368. The summed E-state index contributed by atoms with van der Waals surface area (Å²) in [6, 6.07) is 0.560. The van der Waals surface area contributed by atoms with Crippen LogP contribution in [0.3, 0.4) is 0 Å². The molecular formula is C19H39IN4O. The standard InChI is InChI=1S/C19H38N4O.HI/c1-4-20-19(21-10-7-13-24-15-17-8-9-17)22-14-18(16(2)3)23-11-5-6-12-23;/h16-18H,4-15H2,1-3H3,(H2,20,21,22);1H. The van der Waals surface area contributed by atoms with E-state index in [1.165, 1.54) is 38.8 Å². The summed E-state index contributed by atoms with van der Waals surface area (Å²) in [4.78, 5) is 7.46. The minimum absolute atomic E-state index is 0. The van der Waals surface area contributed by atoms with Crippen LogP contribution in [0.2, 0.25) is 0 Å². The van der Waals surface area contributed by atoms with Gasteiger partial charge in [0.1, 0.15) is 0 Å². The van der Waals surface area contributed by atoms with Crippen molar-refractivity contribution in [1.29, 1.82) is 0 Å². The summed E-state index contributed by atoms with van der Waals surface area (Å²) in [5.74, 6) is 2.45. The maximum absolute atomic E-state index is 5.69. The van der Waals surface area contributed by atoms with Crippen molar-refractivity contribution in [2.24, 2.45) is 16.8 Å². The second-order valence-electron chi connectivity index (χ2n) is 7.57. The van der Waals surface area contributed by atoms with Crippen molar-refractivity contribution in [2.75, 3.05) is 45.9 Å². The number of likely N-dealkylation sites (tertiary alicyclic amines) is 1. The first kappa shape index (κ1) is 23.0. The molecule has 1 saturated carbocycles. The average molecular weight is 466 g/mol. The van der Waals surface area contributed by atoms with Crippen LogP contribution in [0.25, 0.3) is 0 Å². The molecule has 148 valence electrons. The first-order valence-corrected chi connectivity index (χ1v) is 10.0. The first-order valence-electron chi connectivity index (χ1n) is 10.0. The van der Waals surface area contributed by atoms with Crippen molar-refractivity contribution in [3.8, 4) is 0 Å². The quantitative estimate of drug-likeness (QED) is 0.213. The molecule has 25 heavy (non-hydrogen) atoms. The molecule has 0 spiro atoms. The van der Waals surface area contributed by atoms with E-state index < -0.39 is 0 Å². The van der Waals surface area contributed by atoms with E-state index in [0.29, 0.717) is 12.0 Å². The maximum atomic E-state index is 5.69. The molecular weight excluding hydrogens is 427 g/mol. The van der Waals surface area contributed by atoms with Gasteiger partial charge in [0.2, 0.25) is 0 Å². The van der Waals surface area contributed by atoms with Crippen molar-refractivity contribution in [3.05, 3.63) is 0 Å². The molecule has 6 heteroatoms. The van der Waals surface area contributed by atoms with Gasteiger partial charge in [-0.3, -0.25) is 9.89 Å². The highest BCUT2D eigenvalue weighted by molar-refractivity contribution is 14.0. The van der Waals surface area contributed by atoms with Crippen LogP contribution in [-0.4, -0.2) is 62.8 Å². The fraction of sp³-hybridized carbons (Fsp3) is 0.947. The number of aliphatic imine (C=N–C) groups is 1. The molecule has 0 aromatic carbocycles. The Labute approximate surface area is 171 Å². The van der Waals surface area contributed by atoms with Gasteiger partial charge in [0.05, 0.1) is 6.54 Å². The van der Waals surface area contributed by atoms with E-state index >= 15 is 0 Å². The van der Waals surface area contributed by atoms with Gasteiger partial charge in [-0.1, -0.05) is 13.8 Å². The van der Waals surface area contributed by atoms with Crippen LogP contribution in [0.4, 0.5) is 0 Å². The largest absolute Gasteiger partial charge is 0.381 e. The summed E-state index contributed by atoms with van der Waals surface area (Å²) in [7, 11) is 0. The summed E-state index contributed by atoms with van der Waals surface area (Å²) in [5.41, 5.74) is 0. The van der Waals surface area contributed by atoms with E-state index in [0.717, 1.165) is 51.1 Å². The van der Waals surface area contributed by atoms with Gasteiger partial charge in [-0.15, -0.1) is 24.0 Å². The third-order valence-electron chi connectivity index (χ3n) is 4.97. The Morgan fingerprint density at radius 3 is 2.52 bits per heavy atom. The van der Waals surface area contributed by atoms with Crippen LogP contribution in [-0.2, 0) is 4.74 Å². The van der Waals surface area contributed by atoms with E-state index in [2.05, 4.69) is 36.3 Å². The van der Waals surface area contributed by atoms with E-state index in [9.17, 15) is 0 Å². The van der Waals surface area contributed by atoms with Crippen molar-refractivity contribution >= 4 is 29.9 Å². The number of nitrogens with zero attached hydrogens (tertiary/aromatic N) is 2. The van der Waals surface area contributed by atoms with Gasteiger partial charge >= 0.3 is 0 Å². The second kappa shape index (κ2) is 13.1. The average Bonchev–Trinajstić information content (AvgIpc) is 3.23. The van der Waals surface area contributed by atoms with Gasteiger partial charge in [0.25, 0.3) is 0 Å². The molecule has 0 aromatic heterocycles. The topological polar surface area (TPSA) is 48.9 Å². The lowest BCUT2D eigenvalue weighted by molar-refractivity contribution is 0.123. The Hall–Kier alpha value is -0.0800. The SMILES string of the molecule is CCNC(=NCC(C(C)C)N1CCCC1)NCCCOCC1CC1.I. The molecule has 2 N–H and O–H groups in total. The lowest BCUT2D eigenvalue weighted by atomic mass is 10.0. The third kappa shape index (κ3) is 9.43. The number of hydrogen-bond acceptors (Lipinski definition) is 3. The lowest BCUT2D eigenvalue weighted by Gasteiger charge is -2.29. The molecule has 1 heterocycles. The minimum Gasteiger partial charge on any atom is -0.381 e. The molecule has 2 aliphatic rings. The lowest BCUT2D eigenvalue weighted by Crippen LogP contribution is -2.42. The highest BCUT2D eigenvalue weighted by Crippen LogP contribution is 2.28. The smallest absolute Gasteiger partial charge is 0.191 e. The van der Waals surface area contributed by atoms with Gasteiger partial charge in [-0.25, -0.2) is 0 Å². The molecule has 1 aliphatic carbocycles. The summed E-state index contributed by atoms with van der Waals surface area (Å²) >= 11 is 0. The van der Waals surface area contributed by atoms with E-state index in [1.54, 1.807) is 0 Å². The van der Waals surface area contributed by atoms with E-state index in [-0.39, 0.29) is 24.0 Å². The van der Waals surface area contributed by atoms with Gasteiger partial charge in [0, 0.05) is 32.3 Å². The van der Waals surface area contributed by atoms with Crippen LogP contribution in [0, 0.1) is 11.8 Å². The number of hydrogen-bond donors (Lipinski definition) is 2. The minimum atomic E-state index is 0. The molecule has 2 rings (SSSR count). The van der Waals surface area contributed by atoms with E-state index in [1.807, 2.05) is 0 Å². The van der Waals surface area contributed by atoms with Gasteiger partial charge in [0.15, 0.2) is 5.96 Å². The van der Waals surface area contributed by atoms with Crippen LogP contribution in [0.5, 0.6) is 0 Å². The third-order valence-corrected chi connectivity index (χ3v) is 4.97. The zero-order valence-corrected chi connectivity index (χ0v) is 18.8. The van der Waals surface area contributed by atoms with Crippen LogP contribution in [0.15, 0.2) is 4.99 Å². The normalized spacial score (nSPS) is 19.8. The Morgan fingerprint density at radius 1 is 1.20 bits per heavy atom. The Kier molecular flexibility index (Phi) is 12.1. The molecule has 0 bridgehead atoms. The molecule has 1 aliphatic heterocycles. The molecule has 2 fully saturated rings. The first-order chi connectivity index (χ1) is 11.7. The predicted octanol–water partition coefficient (Wildman–Crippen LogP) is 3.10. The van der Waals surface area contributed by atoms with Crippen molar-refractivity contribution in [3.63, 3.8) is 0 Å².